The Bertz CT molecular complexity index is 676. The molecule has 0 bridgehead atoms. The number of rotatable bonds is 5. The molecule has 2 aliphatic rings. The maximum atomic E-state index is 12.2. The minimum atomic E-state index is -0.286. The molecule has 0 aromatic heterocycles. The number of hydrogen-bond donors (Lipinski definition) is 3. The number of nitrogens with zero attached hydrogens (tertiary/aromatic N) is 2. The molecule has 146 valence electrons. The third kappa shape index (κ3) is 5.62. The minimum Gasteiger partial charge on any atom is -0.379 e. The van der Waals surface area contributed by atoms with Gasteiger partial charge in [0.05, 0.1) is 13.2 Å². The SMILES string of the molecule is O=C(NNC(=S)NCCN1CCOCC1)c1ccc(N2CCCC2=O)cc1. The van der Waals surface area contributed by atoms with Gasteiger partial charge in [0.1, 0.15) is 0 Å². The summed E-state index contributed by atoms with van der Waals surface area (Å²) in [7, 11) is 0. The van der Waals surface area contributed by atoms with Crippen molar-refractivity contribution in [3.63, 3.8) is 0 Å². The van der Waals surface area contributed by atoms with E-state index in [0.717, 1.165) is 51.5 Å². The van der Waals surface area contributed by atoms with E-state index in [1.807, 2.05) is 0 Å². The van der Waals surface area contributed by atoms with Crippen LogP contribution in [0.3, 0.4) is 0 Å². The first-order valence-electron chi connectivity index (χ1n) is 9.18. The van der Waals surface area contributed by atoms with Gasteiger partial charge in [-0.25, -0.2) is 0 Å². The zero-order valence-corrected chi connectivity index (χ0v) is 16.0. The molecule has 2 aliphatic heterocycles. The predicted molar refractivity (Wildman–Crippen MR) is 106 cm³/mol. The zero-order valence-electron chi connectivity index (χ0n) is 15.2. The lowest BCUT2D eigenvalue weighted by atomic mass is 10.2. The smallest absolute Gasteiger partial charge is 0.269 e. The van der Waals surface area contributed by atoms with Crippen molar-refractivity contribution in [3.05, 3.63) is 29.8 Å². The number of hydrazine groups is 1. The monoisotopic (exact) mass is 391 g/mol. The largest absolute Gasteiger partial charge is 0.379 e. The van der Waals surface area contributed by atoms with Gasteiger partial charge >= 0.3 is 0 Å². The number of amides is 2. The van der Waals surface area contributed by atoms with Gasteiger partial charge in [0.25, 0.3) is 5.91 Å². The van der Waals surface area contributed by atoms with Crippen molar-refractivity contribution in [3.8, 4) is 0 Å². The summed E-state index contributed by atoms with van der Waals surface area (Å²) in [5.41, 5.74) is 6.60. The lowest BCUT2D eigenvalue weighted by Gasteiger charge is -2.26. The number of nitrogens with one attached hydrogen (secondary N) is 3. The van der Waals surface area contributed by atoms with E-state index in [9.17, 15) is 9.59 Å². The number of hydrogen-bond acceptors (Lipinski definition) is 5. The van der Waals surface area contributed by atoms with Crippen LogP contribution in [-0.2, 0) is 9.53 Å². The lowest BCUT2D eigenvalue weighted by molar-refractivity contribution is -0.117. The molecule has 0 aliphatic carbocycles. The zero-order chi connectivity index (χ0) is 19.1. The number of thiocarbonyl (C=S) groups is 1. The average Bonchev–Trinajstić information content (AvgIpc) is 3.13. The molecule has 9 heteroatoms. The summed E-state index contributed by atoms with van der Waals surface area (Å²) in [5, 5.41) is 3.44. The summed E-state index contributed by atoms with van der Waals surface area (Å²) in [6, 6.07) is 6.98. The maximum absolute atomic E-state index is 12.2. The number of carbonyl (C=O) groups is 2. The molecule has 0 atom stereocenters. The van der Waals surface area contributed by atoms with Crippen LogP contribution in [0.25, 0.3) is 0 Å². The summed E-state index contributed by atoms with van der Waals surface area (Å²) >= 11 is 5.17. The Kier molecular flexibility index (Phi) is 6.97. The van der Waals surface area contributed by atoms with Crippen molar-refractivity contribution in [2.24, 2.45) is 0 Å². The Balaban J connectivity index is 1.38. The molecule has 27 heavy (non-hydrogen) atoms. The van der Waals surface area contributed by atoms with E-state index in [1.165, 1.54) is 0 Å². The molecular formula is C18H25N5O3S. The van der Waals surface area contributed by atoms with Gasteiger partial charge in [0, 0.05) is 50.4 Å². The molecule has 1 aromatic carbocycles. The molecule has 2 fully saturated rings. The van der Waals surface area contributed by atoms with Gasteiger partial charge in [0.15, 0.2) is 5.11 Å². The van der Waals surface area contributed by atoms with Crippen LogP contribution >= 0.6 is 12.2 Å². The highest BCUT2D eigenvalue weighted by Gasteiger charge is 2.21. The Morgan fingerprint density at radius 2 is 1.85 bits per heavy atom. The van der Waals surface area contributed by atoms with Crippen LogP contribution in [0.5, 0.6) is 0 Å². The summed E-state index contributed by atoms with van der Waals surface area (Å²) in [5.74, 6) is -0.158. The van der Waals surface area contributed by atoms with Crippen LogP contribution in [-0.4, -0.2) is 67.8 Å². The van der Waals surface area contributed by atoms with Crippen molar-refractivity contribution in [2.45, 2.75) is 12.8 Å². The van der Waals surface area contributed by atoms with Crippen molar-refractivity contribution >= 4 is 34.8 Å². The highest BCUT2D eigenvalue weighted by Crippen LogP contribution is 2.21. The highest BCUT2D eigenvalue weighted by atomic mass is 32.1. The van der Waals surface area contributed by atoms with Crippen LogP contribution in [0.2, 0.25) is 0 Å². The molecule has 0 radical (unpaired) electrons. The Morgan fingerprint density at radius 1 is 1.11 bits per heavy atom. The quantitative estimate of drug-likeness (QED) is 0.490. The Hall–Kier alpha value is -2.23. The third-order valence-electron chi connectivity index (χ3n) is 4.62. The third-order valence-corrected chi connectivity index (χ3v) is 4.87. The fourth-order valence-corrected chi connectivity index (χ4v) is 3.25. The topological polar surface area (TPSA) is 85.9 Å². The van der Waals surface area contributed by atoms with E-state index >= 15 is 0 Å². The van der Waals surface area contributed by atoms with E-state index in [2.05, 4.69) is 21.1 Å². The molecule has 3 N–H and O–H groups in total. The molecule has 3 rings (SSSR count). The van der Waals surface area contributed by atoms with Crippen LogP contribution in [0.15, 0.2) is 24.3 Å². The number of anilines is 1. The Morgan fingerprint density at radius 3 is 2.52 bits per heavy atom. The normalized spacial score (nSPS) is 17.6. The van der Waals surface area contributed by atoms with Gasteiger partial charge in [-0.2, -0.15) is 0 Å². The summed E-state index contributed by atoms with van der Waals surface area (Å²) < 4.78 is 5.31. The summed E-state index contributed by atoms with van der Waals surface area (Å²) in [6.45, 7) is 5.69. The fourth-order valence-electron chi connectivity index (χ4n) is 3.10. The standard InChI is InChI=1S/C18H25N5O3S/c24-16-2-1-8-23(16)15-5-3-14(4-6-15)17(25)20-21-18(27)19-7-9-22-10-12-26-13-11-22/h3-6H,1-2,7-13H2,(H,20,25)(H2,19,21,27). The minimum absolute atomic E-state index is 0.127. The van der Waals surface area contributed by atoms with E-state index in [-0.39, 0.29) is 11.8 Å². The van der Waals surface area contributed by atoms with Crippen LogP contribution in [0.4, 0.5) is 5.69 Å². The van der Waals surface area contributed by atoms with Gasteiger partial charge in [-0.15, -0.1) is 0 Å². The average molecular weight is 391 g/mol. The van der Waals surface area contributed by atoms with E-state index in [4.69, 9.17) is 17.0 Å². The van der Waals surface area contributed by atoms with E-state index < -0.39 is 0 Å². The van der Waals surface area contributed by atoms with Gasteiger partial charge in [-0.1, -0.05) is 0 Å². The maximum Gasteiger partial charge on any atom is 0.269 e. The number of benzene rings is 1. The lowest BCUT2D eigenvalue weighted by Crippen LogP contribution is -2.49. The molecule has 2 heterocycles. The Labute approximate surface area is 164 Å². The molecule has 0 spiro atoms. The van der Waals surface area contributed by atoms with Gasteiger partial charge in [0.2, 0.25) is 5.91 Å². The molecule has 0 saturated carbocycles. The van der Waals surface area contributed by atoms with Crippen LogP contribution < -0.4 is 21.1 Å². The van der Waals surface area contributed by atoms with Gasteiger partial charge < -0.3 is 15.0 Å². The molecule has 2 saturated heterocycles. The molecule has 0 unspecified atom stereocenters. The first-order chi connectivity index (χ1) is 13.1. The second-order valence-electron chi connectivity index (χ2n) is 6.48. The van der Waals surface area contributed by atoms with Gasteiger partial charge in [-0.3, -0.25) is 25.3 Å². The number of ether oxygens (including phenoxy) is 1. The number of morpholine rings is 1. The van der Waals surface area contributed by atoms with E-state index in [0.29, 0.717) is 23.6 Å². The summed E-state index contributed by atoms with van der Waals surface area (Å²) in [6.07, 6.45) is 1.46. The fraction of sp³-hybridized carbons (Fsp3) is 0.500. The van der Waals surface area contributed by atoms with Gasteiger partial charge in [-0.05, 0) is 42.9 Å². The van der Waals surface area contributed by atoms with Crippen molar-refractivity contribution in [2.75, 3.05) is 50.8 Å². The van der Waals surface area contributed by atoms with Crippen molar-refractivity contribution in [1.82, 2.24) is 21.1 Å². The number of carbonyl (C=O) groups excluding carboxylic acids is 2. The van der Waals surface area contributed by atoms with E-state index in [1.54, 1.807) is 29.2 Å². The predicted octanol–water partition coefficient (Wildman–Crippen LogP) is 0.255. The second kappa shape index (κ2) is 9.63. The molecule has 1 aromatic rings. The first-order valence-corrected chi connectivity index (χ1v) is 9.59. The molecule has 8 nitrogen and oxygen atoms in total. The summed E-state index contributed by atoms with van der Waals surface area (Å²) in [4.78, 5) is 28.0. The van der Waals surface area contributed by atoms with Crippen molar-refractivity contribution in [1.29, 1.82) is 0 Å². The van der Waals surface area contributed by atoms with Crippen LogP contribution in [0.1, 0.15) is 23.2 Å². The highest BCUT2D eigenvalue weighted by molar-refractivity contribution is 7.80. The second-order valence-corrected chi connectivity index (χ2v) is 6.89. The molecular weight excluding hydrogens is 366 g/mol. The first kappa shape index (κ1) is 19.5. The van der Waals surface area contributed by atoms with Crippen LogP contribution in [0, 0.1) is 0 Å². The van der Waals surface area contributed by atoms with Crippen molar-refractivity contribution < 1.29 is 14.3 Å². The molecule has 2 amide bonds.